The molecule has 0 aliphatic carbocycles. The van der Waals surface area contributed by atoms with E-state index in [1.54, 1.807) is 6.20 Å². The van der Waals surface area contributed by atoms with E-state index >= 15 is 0 Å². The number of nitrogens with one attached hydrogen (secondary N) is 3. The fourth-order valence-electron chi connectivity index (χ4n) is 3.36. The summed E-state index contributed by atoms with van der Waals surface area (Å²) in [4.78, 5) is 24.5. The molecule has 4 heterocycles. The third-order valence-electron chi connectivity index (χ3n) is 5.13. The molecule has 0 fully saturated rings. The van der Waals surface area contributed by atoms with Crippen molar-refractivity contribution in [2.45, 2.75) is 26.2 Å². The minimum atomic E-state index is -1.27. The predicted molar refractivity (Wildman–Crippen MR) is 114 cm³/mol. The fourth-order valence-corrected chi connectivity index (χ4v) is 3.36. The van der Waals surface area contributed by atoms with Crippen LogP contribution in [-0.4, -0.2) is 33.9 Å². The van der Waals surface area contributed by atoms with Crippen LogP contribution in [0, 0.1) is 24.5 Å². The van der Waals surface area contributed by atoms with Crippen molar-refractivity contribution in [3.63, 3.8) is 0 Å². The zero-order chi connectivity index (χ0) is 22.7. The number of halogens is 3. The van der Waals surface area contributed by atoms with Crippen molar-refractivity contribution in [1.29, 1.82) is 0 Å². The van der Waals surface area contributed by atoms with Crippen LogP contribution in [0.4, 0.5) is 30.6 Å². The topological polar surface area (TPSA) is 91.8 Å². The van der Waals surface area contributed by atoms with Crippen molar-refractivity contribution in [1.82, 2.24) is 20.3 Å². The molecule has 166 valence electrons. The molecule has 1 aromatic carbocycles. The second-order valence-electron chi connectivity index (χ2n) is 7.44. The van der Waals surface area contributed by atoms with E-state index in [1.165, 1.54) is 18.2 Å². The lowest BCUT2D eigenvalue weighted by Crippen LogP contribution is -2.26. The zero-order valence-corrected chi connectivity index (χ0v) is 17.3. The van der Waals surface area contributed by atoms with Crippen LogP contribution in [-0.2, 0) is 0 Å². The maximum Gasteiger partial charge on any atom is 0.254 e. The van der Waals surface area contributed by atoms with Crippen LogP contribution in [0.1, 0.15) is 35.2 Å². The summed E-state index contributed by atoms with van der Waals surface area (Å²) >= 11 is 0. The van der Waals surface area contributed by atoms with Gasteiger partial charge < -0.3 is 16.0 Å². The molecule has 0 unspecified atom stereocenters. The highest BCUT2D eigenvalue weighted by molar-refractivity contribution is 5.95. The molecule has 2 aromatic heterocycles. The minimum Gasteiger partial charge on any atom is -0.370 e. The molecule has 6 bridgehead atoms. The molecule has 0 saturated heterocycles. The maximum absolute atomic E-state index is 14.8. The molecule has 0 saturated carbocycles. The number of pyridine rings is 1. The van der Waals surface area contributed by atoms with Gasteiger partial charge in [0.25, 0.3) is 5.91 Å². The smallest absolute Gasteiger partial charge is 0.254 e. The Morgan fingerprint density at radius 1 is 0.906 bits per heavy atom. The van der Waals surface area contributed by atoms with Crippen LogP contribution < -0.4 is 16.0 Å². The number of benzene rings is 1. The van der Waals surface area contributed by atoms with Gasteiger partial charge in [-0.3, -0.25) is 4.79 Å². The molecule has 0 spiro atoms. The summed E-state index contributed by atoms with van der Waals surface area (Å²) in [6.07, 6.45) is 4.98. The van der Waals surface area contributed by atoms with Gasteiger partial charge in [0.05, 0.1) is 11.3 Å². The van der Waals surface area contributed by atoms with Crippen LogP contribution in [0.2, 0.25) is 0 Å². The lowest BCUT2D eigenvalue weighted by atomic mass is 10.0. The van der Waals surface area contributed by atoms with E-state index in [0.29, 0.717) is 25.3 Å². The predicted octanol–water partition coefficient (Wildman–Crippen LogP) is 4.33. The molecule has 32 heavy (non-hydrogen) atoms. The number of aryl methyl sites for hydroxylation is 1. The Bertz CT molecular complexity index is 1170. The molecule has 3 N–H and O–H groups in total. The number of amides is 1. The Balaban J connectivity index is 1.76. The van der Waals surface area contributed by atoms with E-state index in [9.17, 15) is 18.0 Å². The molecular weight excluding hydrogens is 421 g/mol. The summed E-state index contributed by atoms with van der Waals surface area (Å²) in [5.41, 5.74) is 0.301. The molecule has 2 aliphatic rings. The van der Waals surface area contributed by atoms with Gasteiger partial charge in [-0.2, -0.15) is 9.37 Å². The van der Waals surface area contributed by atoms with E-state index in [0.717, 1.165) is 24.6 Å². The van der Waals surface area contributed by atoms with Gasteiger partial charge in [-0.25, -0.2) is 18.7 Å². The van der Waals surface area contributed by atoms with Crippen LogP contribution in [0.5, 0.6) is 0 Å². The standard InChI is InChI=1S/C22H21F3N6O/c1-12-10-29-22-30-16-9-13(11-28-19(16)25)14-5-6-15(18(24)17(14)23)21(32)27-8-4-2-3-7-26-20(12)31-22/h5-6,9-11H,2-4,7-8H2,1H3,(H,27,32)(H2,26,29,30,31). The molecule has 7 nitrogen and oxygen atoms in total. The quantitative estimate of drug-likeness (QED) is 0.449. The Kier molecular flexibility index (Phi) is 6.20. The lowest BCUT2D eigenvalue weighted by Gasteiger charge is -2.12. The van der Waals surface area contributed by atoms with Crippen LogP contribution >= 0.6 is 0 Å². The number of hydrogen-bond acceptors (Lipinski definition) is 6. The highest BCUT2D eigenvalue weighted by atomic mass is 19.2. The molecule has 2 aliphatic heterocycles. The van der Waals surface area contributed by atoms with E-state index < -0.39 is 23.5 Å². The summed E-state index contributed by atoms with van der Waals surface area (Å²) in [5.74, 6) is -3.30. The SMILES string of the molecule is Cc1cnc2nc1NCCCCCNC(=O)c1ccc(c(F)c1F)-c1cnc(F)c(c1)N2. The highest BCUT2D eigenvalue weighted by Gasteiger charge is 2.20. The van der Waals surface area contributed by atoms with Gasteiger partial charge in [-0.05, 0) is 38.3 Å². The minimum absolute atomic E-state index is 0.100. The Hall–Kier alpha value is -3.69. The number of carbonyl (C=O) groups excluding carboxylic acids is 1. The molecule has 5 rings (SSSR count). The van der Waals surface area contributed by atoms with Gasteiger partial charge in [0, 0.05) is 42.2 Å². The van der Waals surface area contributed by atoms with Gasteiger partial charge >= 0.3 is 0 Å². The lowest BCUT2D eigenvalue weighted by molar-refractivity contribution is 0.0948. The number of aromatic nitrogens is 3. The number of carbonyl (C=O) groups is 1. The van der Waals surface area contributed by atoms with Crippen LogP contribution in [0.3, 0.4) is 0 Å². The first-order valence-corrected chi connectivity index (χ1v) is 10.2. The summed E-state index contributed by atoms with van der Waals surface area (Å²) in [6.45, 7) is 2.83. The average Bonchev–Trinajstić information content (AvgIpc) is 2.78. The first kappa shape index (κ1) is 21.5. The van der Waals surface area contributed by atoms with Gasteiger partial charge in [0.1, 0.15) is 5.82 Å². The Morgan fingerprint density at radius 3 is 2.44 bits per heavy atom. The number of rotatable bonds is 0. The molecule has 10 heteroatoms. The highest BCUT2D eigenvalue weighted by Crippen LogP contribution is 2.29. The third-order valence-corrected chi connectivity index (χ3v) is 5.13. The summed E-state index contributed by atoms with van der Waals surface area (Å²) < 4.78 is 43.7. The van der Waals surface area contributed by atoms with Gasteiger partial charge in [0.15, 0.2) is 11.6 Å². The van der Waals surface area contributed by atoms with Crippen molar-refractivity contribution in [3.8, 4) is 11.1 Å². The van der Waals surface area contributed by atoms with Crippen molar-refractivity contribution < 1.29 is 18.0 Å². The van der Waals surface area contributed by atoms with Gasteiger partial charge in [-0.1, -0.05) is 6.07 Å². The molecule has 0 radical (unpaired) electrons. The maximum atomic E-state index is 14.8. The second kappa shape index (κ2) is 9.21. The van der Waals surface area contributed by atoms with E-state index in [-0.39, 0.29) is 28.3 Å². The van der Waals surface area contributed by atoms with Gasteiger partial charge in [0.2, 0.25) is 11.9 Å². The number of anilines is 3. The summed E-state index contributed by atoms with van der Waals surface area (Å²) in [5, 5.41) is 8.58. The molecule has 0 atom stereocenters. The van der Waals surface area contributed by atoms with Crippen molar-refractivity contribution in [2.75, 3.05) is 23.7 Å². The summed E-state index contributed by atoms with van der Waals surface area (Å²) in [6, 6.07) is 3.75. The monoisotopic (exact) mass is 442 g/mol. The number of nitrogens with zero attached hydrogens (tertiary/aromatic N) is 3. The van der Waals surface area contributed by atoms with Crippen molar-refractivity contribution in [2.24, 2.45) is 0 Å². The largest absolute Gasteiger partial charge is 0.370 e. The normalized spacial score (nSPS) is 14.4. The number of fused-ring (bicyclic) bond motifs is 9. The van der Waals surface area contributed by atoms with Crippen LogP contribution in [0.25, 0.3) is 11.1 Å². The van der Waals surface area contributed by atoms with Gasteiger partial charge in [-0.15, -0.1) is 0 Å². The van der Waals surface area contributed by atoms with E-state index in [4.69, 9.17) is 0 Å². The first-order valence-electron chi connectivity index (χ1n) is 10.2. The Labute approximate surface area is 182 Å². The second-order valence-corrected chi connectivity index (χ2v) is 7.44. The molecule has 3 aromatic rings. The summed E-state index contributed by atoms with van der Waals surface area (Å²) in [7, 11) is 0. The first-order chi connectivity index (χ1) is 15.4. The third kappa shape index (κ3) is 4.48. The number of hydrogen-bond donors (Lipinski definition) is 3. The zero-order valence-electron chi connectivity index (χ0n) is 17.3. The molecule has 1 amide bonds. The Morgan fingerprint density at radius 2 is 1.62 bits per heavy atom. The van der Waals surface area contributed by atoms with Crippen LogP contribution in [0.15, 0.2) is 30.6 Å². The fraction of sp³-hybridized carbons (Fsp3) is 0.273. The van der Waals surface area contributed by atoms with E-state index in [1.807, 2.05) is 6.92 Å². The molecular formula is C22H21F3N6O. The van der Waals surface area contributed by atoms with Crippen molar-refractivity contribution in [3.05, 3.63) is 59.3 Å². The van der Waals surface area contributed by atoms with E-state index in [2.05, 4.69) is 30.9 Å². The van der Waals surface area contributed by atoms with Crippen molar-refractivity contribution >= 4 is 23.4 Å². The average molecular weight is 442 g/mol.